The predicted molar refractivity (Wildman–Crippen MR) is 251 cm³/mol. The molecule has 4 nitrogen and oxygen atoms in total. The molecule has 13 rings (SSSR count). The van der Waals surface area contributed by atoms with Crippen molar-refractivity contribution in [1.82, 2.24) is 15.0 Å². The van der Waals surface area contributed by atoms with Crippen LogP contribution < -0.4 is 4.74 Å². The lowest BCUT2D eigenvalue weighted by atomic mass is 9.65. The van der Waals surface area contributed by atoms with E-state index in [1.165, 1.54) is 22.3 Å². The van der Waals surface area contributed by atoms with Gasteiger partial charge in [0.2, 0.25) is 0 Å². The molecule has 9 aromatic carbocycles. The number of nitrogens with zero attached hydrogens (tertiary/aromatic N) is 3. The highest BCUT2D eigenvalue weighted by Gasteiger charge is 2.51. The van der Waals surface area contributed by atoms with Gasteiger partial charge in [-0.05, 0) is 51.6 Å². The summed E-state index contributed by atoms with van der Waals surface area (Å²) in [5.41, 5.74) is 15.7. The second kappa shape index (κ2) is 13.4. The third kappa shape index (κ3) is 4.98. The molecule has 2 aliphatic rings. The van der Waals surface area contributed by atoms with E-state index in [1.54, 1.807) is 0 Å². The fraction of sp³-hybridized carbons (Fsp3) is 0.0172. The van der Waals surface area contributed by atoms with Gasteiger partial charge in [-0.25, -0.2) is 15.0 Å². The van der Waals surface area contributed by atoms with Gasteiger partial charge in [0, 0.05) is 49.4 Å². The molecular formula is C58H35N3O. The van der Waals surface area contributed by atoms with Crippen molar-refractivity contribution in [2.24, 2.45) is 0 Å². The number of fused-ring (bicyclic) bond motifs is 14. The van der Waals surface area contributed by atoms with E-state index < -0.39 is 5.41 Å². The highest BCUT2D eigenvalue weighted by atomic mass is 16.5. The number of pyridine rings is 1. The molecule has 0 atom stereocenters. The molecule has 1 aliphatic carbocycles. The molecular weight excluding hydrogens is 755 g/mol. The maximum absolute atomic E-state index is 7.21. The van der Waals surface area contributed by atoms with Crippen molar-refractivity contribution in [2.75, 3.05) is 0 Å². The summed E-state index contributed by atoms with van der Waals surface area (Å²) in [6.45, 7) is 0. The number of hydrogen-bond acceptors (Lipinski definition) is 4. The van der Waals surface area contributed by atoms with Crippen LogP contribution in [0.3, 0.4) is 0 Å². The highest BCUT2D eigenvalue weighted by Crippen LogP contribution is 2.63. The van der Waals surface area contributed by atoms with Crippen molar-refractivity contribution in [2.45, 2.75) is 5.41 Å². The molecule has 288 valence electrons. The van der Waals surface area contributed by atoms with Crippen LogP contribution in [0.5, 0.6) is 11.5 Å². The second-order valence-electron chi connectivity index (χ2n) is 16.2. The second-order valence-corrected chi connectivity index (χ2v) is 16.2. The minimum absolute atomic E-state index is 0.563. The molecule has 0 N–H and O–H groups in total. The predicted octanol–water partition coefficient (Wildman–Crippen LogP) is 14.5. The van der Waals surface area contributed by atoms with Gasteiger partial charge in [-0.2, -0.15) is 0 Å². The maximum Gasteiger partial charge on any atom is 0.160 e. The quantitative estimate of drug-likeness (QED) is 0.167. The topological polar surface area (TPSA) is 47.9 Å². The average Bonchev–Trinajstić information content (AvgIpc) is 3.64. The molecule has 1 aliphatic heterocycles. The first-order chi connectivity index (χ1) is 30.7. The van der Waals surface area contributed by atoms with Crippen molar-refractivity contribution < 1.29 is 4.74 Å². The lowest BCUT2D eigenvalue weighted by Crippen LogP contribution is -2.32. The summed E-state index contributed by atoms with van der Waals surface area (Å²) in [5.74, 6) is 2.46. The number of para-hydroxylation sites is 2. The molecule has 4 heteroatoms. The van der Waals surface area contributed by atoms with Crippen LogP contribution in [0.4, 0.5) is 0 Å². The zero-order chi connectivity index (χ0) is 40.8. The molecule has 0 unspecified atom stereocenters. The van der Waals surface area contributed by atoms with Crippen LogP contribution in [-0.2, 0) is 5.41 Å². The molecule has 62 heavy (non-hydrogen) atoms. The summed E-state index contributed by atoms with van der Waals surface area (Å²) in [7, 11) is 0. The zero-order valence-electron chi connectivity index (χ0n) is 33.5. The fourth-order valence-corrected chi connectivity index (χ4v) is 10.2. The Bertz CT molecular complexity index is 3550. The van der Waals surface area contributed by atoms with E-state index in [4.69, 9.17) is 19.7 Å². The van der Waals surface area contributed by atoms with Crippen LogP contribution >= 0.6 is 0 Å². The number of hydrogen-bond donors (Lipinski definition) is 0. The van der Waals surface area contributed by atoms with Gasteiger partial charge in [-0.15, -0.1) is 0 Å². The average molecular weight is 790 g/mol. The SMILES string of the molecule is c1ccc(-c2nc(-c3ccc(-c4ccc5c(c4)nc(-c4ccccc4)c4ccc6c(c45)Oc4ccccc4C64c5ccccc5-c5ccccc54)cc3)c3ccccc3n2)cc1. The van der Waals surface area contributed by atoms with Gasteiger partial charge in [-0.3, -0.25) is 0 Å². The van der Waals surface area contributed by atoms with Crippen molar-refractivity contribution in [3.8, 4) is 67.7 Å². The molecule has 0 saturated carbocycles. The van der Waals surface area contributed by atoms with Gasteiger partial charge in [0.25, 0.3) is 0 Å². The normalized spacial score (nSPS) is 13.1. The van der Waals surface area contributed by atoms with Crippen molar-refractivity contribution in [3.05, 3.63) is 235 Å². The summed E-state index contributed by atoms with van der Waals surface area (Å²) in [5, 5.41) is 4.19. The first kappa shape index (κ1) is 34.6. The summed E-state index contributed by atoms with van der Waals surface area (Å²) in [4.78, 5) is 15.5. The van der Waals surface area contributed by atoms with E-state index >= 15 is 0 Å². The molecule has 0 saturated heterocycles. The van der Waals surface area contributed by atoms with Crippen molar-refractivity contribution >= 4 is 32.6 Å². The van der Waals surface area contributed by atoms with Crippen LogP contribution in [0.25, 0.3) is 88.7 Å². The molecule has 0 fully saturated rings. The van der Waals surface area contributed by atoms with Crippen LogP contribution in [-0.4, -0.2) is 15.0 Å². The van der Waals surface area contributed by atoms with Gasteiger partial charge in [0.05, 0.1) is 27.8 Å². The van der Waals surface area contributed by atoms with E-state index in [2.05, 4.69) is 182 Å². The number of ether oxygens (including phenoxy) is 1. The smallest absolute Gasteiger partial charge is 0.160 e. The Hall–Kier alpha value is -8.21. The monoisotopic (exact) mass is 789 g/mol. The minimum Gasteiger partial charge on any atom is -0.456 e. The Morgan fingerprint density at radius 3 is 1.66 bits per heavy atom. The van der Waals surface area contributed by atoms with Crippen molar-refractivity contribution in [1.29, 1.82) is 0 Å². The van der Waals surface area contributed by atoms with Gasteiger partial charge >= 0.3 is 0 Å². The third-order valence-electron chi connectivity index (χ3n) is 12.9. The molecule has 1 spiro atoms. The Morgan fingerprint density at radius 2 is 0.903 bits per heavy atom. The maximum atomic E-state index is 7.21. The molecule has 2 aromatic heterocycles. The van der Waals surface area contributed by atoms with Crippen LogP contribution in [0.1, 0.15) is 22.3 Å². The molecule has 0 amide bonds. The van der Waals surface area contributed by atoms with Crippen LogP contribution in [0, 0.1) is 0 Å². The van der Waals surface area contributed by atoms with E-state index in [0.717, 1.165) is 94.4 Å². The van der Waals surface area contributed by atoms with Gasteiger partial charge in [-0.1, -0.05) is 194 Å². The van der Waals surface area contributed by atoms with E-state index in [0.29, 0.717) is 5.82 Å². The number of rotatable bonds is 4. The molecule has 0 radical (unpaired) electrons. The minimum atomic E-state index is -0.563. The van der Waals surface area contributed by atoms with E-state index in [1.807, 2.05) is 30.3 Å². The molecule has 3 heterocycles. The largest absolute Gasteiger partial charge is 0.456 e. The number of benzene rings is 9. The Balaban J connectivity index is 1.02. The van der Waals surface area contributed by atoms with Crippen molar-refractivity contribution in [3.63, 3.8) is 0 Å². The third-order valence-corrected chi connectivity index (χ3v) is 12.9. The lowest BCUT2D eigenvalue weighted by molar-refractivity contribution is 0.442. The highest BCUT2D eigenvalue weighted by molar-refractivity contribution is 6.15. The summed E-state index contributed by atoms with van der Waals surface area (Å²) < 4.78 is 7.21. The summed E-state index contributed by atoms with van der Waals surface area (Å²) >= 11 is 0. The van der Waals surface area contributed by atoms with Gasteiger partial charge < -0.3 is 4.74 Å². The fourth-order valence-electron chi connectivity index (χ4n) is 10.2. The van der Waals surface area contributed by atoms with E-state index in [9.17, 15) is 0 Å². The summed E-state index contributed by atoms with van der Waals surface area (Å²) in [6.07, 6.45) is 0. The van der Waals surface area contributed by atoms with E-state index in [-0.39, 0.29) is 0 Å². The first-order valence-corrected chi connectivity index (χ1v) is 21.1. The Labute approximate surface area is 358 Å². The Morgan fingerprint density at radius 1 is 0.339 bits per heavy atom. The van der Waals surface area contributed by atoms with Crippen LogP contribution in [0.2, 0.25) is 0 Å². The van der Waals surface area contributed by atoms with Crippen LogP contribution in [0.15, 0.2) is 212 Å². The molecule has 11 aromatic rings. The standard InChI is InChI=1S/C58H35N3O/c1-3-15-37(16-4-1)55-45-33-34-49-56(62-52-26-14-12-24-48(52)58(49)46-22-10-7-19-41(46)42-20-8-11-23-47(42)58)53(45)43-32-31-40(35-51(43)59-55)36-27-29-38(30-28-36)54-44-21-9-13-25-50(44)60-57(61-54)39-17-5-2-6-18-39/h1-35H. The lowest BCUT2D eigenvalue weighted by Gasteiger charge is -2.40. The van der Waals surface area contributed by atoms with Gasteiger partial charge in [0.1, 0.15) is 11.5 Å². The summed E-state index contributed by atoms with van der Waals surface area (Å²) in [6, 6.07) is 75.3. The number of aromatic nitrogens is 3. The zero-order valence-corrected chi connectivity index (χ0v) is 33.5. The first-order valence-electron chi connectivity index (χ1n) is 21.1. The Kier molecular flexibility index (Phi) is 7.49. The molecule has 0 bridgehead atoms. The van der Waals surface area contributed by atoms with Gasteiger partial charge in [0.15, 0.2) is 5.82 Å².